The lowest BCUT2D eigenvalue weighted by Crippen LogP contribution is -2.30. The first-order valence-corrected chi connectivity index (χ1v) is 2.71. The van der Waals surface area contributed by atoms with Gasteiger partial charge in [-0.05, 0) is 0 Å². The number of carbonyl (C=O) groups excluding carboxylic acids is 2. The molecule has 0 aliphatic rings. The molecule has 0 aromatic heterocycles. The zero-order valence-corrected chi connectivity index (χ0v) is 5.09. The van der Waals surface area contributed by atoms with E-state index in [9.17, 15) is 9.59 Å². The minimum absolute atomic E-state index is 0.0150. The van der Waals surface area contributed by atoms with E-state index in [1.54, 1.807) is 0 Å². The van der Waals surface area contributed by atoms with Crippen LogP contribution in [-0.4, -0.2) is 25.3 Å². The minimum atomic E-state index is -0.225. The van der Waals surface area contributed by atoms with Crippen LogP contribution < -0.4 is 11.1 Å². The maximum absolute atomic E-state index is 10.3. The third kappa shape index (κ3) is 4.96. The van der Waals surface area contributed by atoms with Gasteiger partial charge in [0.25, 0.3) is 0 Å². The van der Waals surface area contributed by atoms with Crippen LogP contribution in [0.4, 0.5) is 0 Å². The molecule has 0 rings (SSSR count). The summed E-state index contributed by atoms with van der Waals surface area (Å²) in [7, 11) is 0. The Labute approximate surface area is 53.4 Å². The molecule has 0 saturated carbocycles. The van der Waals surface area contributed by atoms with E-state index in [0.29, 0.717) is 13.0 Å². The van der Waals surface area contributed by atoms with Crippen LogP contribution in [0, 0.1) is 0 Å². The van der Waals surface area contributed by atoms with Gasteiger partial charge in [0.15, 0.2) is 0 Å². The van der Waals surface area contributed by atoms with Gasteiger partial charge in [0, 0.05) is 13.0 Å². The normalized spacial score (nSPS) is 8.56. The van der Waals surface area contributed by atoms with Crippen LogP contribution in [0.25, 0.3) is 0 Å². The van der Waals surface area contributed by atoms with Crippen molar-refractivity contribution in [2.45, 2.75) is 6.42 Å². The molecule has 0 heterocycles. The molecule has 0 atom stereocenters. The first-order valence-electron chi connectivity index (χ1n) is 2.71. The first kappa shape index (κ1) is 8.10. The van der Waals surface area contributed by atoms with Crippen LogP contribution in [0.3, 0.4) is 0 Å². The molecule has 0 bridgehead atoms. The van der Waals surface area contributed by atoms with Gasteiger partial charge in [0.1, 0.15) is 6.29 Å². The largest absolute Gasteiger partial charge is 0.355 e. The summed E-state index contributed by atoms with van der Waals surface area (Å²) in [6.07, 6.45) is 1.10. The number of nitrogens with two attached hydrogens (primary N) is 1. The Kier molecular flexibility index (Phi) is 4.72. The molecule has 0 saturated heterocycles. The lowest BCUT2D eigenvalue weighted by Gasteiger charge is -1.96. The van der Waals surface area contributed by atoms with Gasteiger partial charge in [-0.3, -0.25) is 4.79 Å². The molecule has 1 amide bonds. The van der Waals surface area contributed by atoms with Crippen LogP contribution in [0.2, 0.25) is 0 Å². The summed E-state index contributed by atoms with van der Waals surface area (Å²) in [5, 5.41) is 2.44. The Balaban J connectivity index is 3.06. The molecule has 4 nitrogen and oxygen atoms in total. The maximum Gasteiger partial charge on any atom is 0.233 e. The lowest BCUT2D eigenvalue weighted by molar-refractivity contribution is -0.119. The van der Waals surface area contributed by atoms with Gasteiger partial charge < -0.3 is 15.8 Å². The zero-order valence-electron chi connectivity index (χ0n) is 5.09. The summed E-state index contributed by atoms with van der Waals surface area (Å²) in [4.78, 5) is 20.0. The lowest BCUT2D eigenvalue weighted by atomic mass is 10.4. The van der Waals surface area contributed by atoms with Crippen molar-refractivity contribution in [2.75, 3.05) is 13.1 Å². The highest BCUT2D eigenvalue weighted by Crippen LogP contribution is 1.66. The van der Waals surface area contributed by atoms with E-state index < -0.39 is 0 Å². The van der Waals surface area contributed by atoms with Crippen molar-refractivity contribution in [1.82, 2.24) is 5.32 Å². The molecule has 0 fully saturated rings. The molecule has 0 aliphatic carbocycles. The fourth-order valence-electron chi connectivity index (χ4n) is 0.343. The average molecular weight is 130 g/mol. The molecular formula is C5H10N2O2. The summed E-state index contributed by atoms with van der Waals surface area (Å²) in [6.45, 7) is 0.373. The summed E-state index contributed by atoms with van der Waals surface area (Å²) in [5.41, 5.74) is 4.95. The van der Waals surface area contributed by atoms with Gasteiger partial charge in [-0.1, -0.05) is 0 Å². The Morgan fingerprint density at radius 3 is 2.78 bits per heavy atom. The highest BCUT2D eigenvalue weighted by molar-refractivity contribution is 5.77. The summed E-state index contributed by atoms with van der Waals surface area (Å²) in [6, 6.07) is 0. The second-order valence-electron chi connectivity index (χ2n) is 1.51. The standard InChI is InChI=1S/C5H10N2O2/c6-4-5(9)7-2-1-3-8/h3H,1-2,4,6H2,(H,7,9). The third-order valence-electron chi connectivity index (χ3n) is 0.770. The SMILES string of the molecule is NCC(=O)NCCC=O. The van der Waals surface area contributed by atoms with E-state index in [4.69, 9.17) is 5.73 Å². The van der Waals surface area contributed by atoms with Crippen LogP contribution in [0.5, 0.6) is 0 Å². The monoisotopic (exact) mass is 130 g/mol. The molecule has 0 spiro atoms. The van der Waals surface area contributed by atoms with E-state index in [1.165, 1.54) is 0 Å². The number of nitrogens with one attached hydrogen (secondary N) is 1. The van der Waals surface area contributed by atoms with E-state index in [2.05, 4.69) is 5.32 Å². The maximum atomic E-state index is 10.3. The predicted octanol–water partition coefficient (Wildman–Crippen LogP) is -1.35. The van der Waals surface area contributed by atoms with Gasteiger partial charge in [0.05, 0.1) is 6.54 Å². The molecule has 52 valence electrons. The topological polar surface area (TPSA) is 72.2 Å². The second kappa shape index (κ2) is 5.24. The van der Waals surface area contributed by atoms with Gasteiger partial charge in [-0.15, -0.1) is 0 Å². The van der Waals surface area contributed by atoms with E-state index in [1.807, 2.05) is 0 Å². The van der Waals surface area contributed by atoms with Crippen LogP contribution in [-0.2, 0) is 9.59 Å². The van der Waals surface area contributed by atoms with E-state index in [0.717, 1.165) is 6.29 Å². The number of carbonyl (C=O) groups is 2. The Bertz CT molecular complexity index is 103. The first-order chi connectivity index (χ1) is 4.31. The van der Waals surface area contributed by atoms with E-state index >= 15 is 0 Å². The molecular weight excluding hydrogens is 120 g/mol. The summed E-state index contributed by atoms with van der Waals surface area (Å²) in [5.74, 6) is -0.225. The predicted molar refractivity (Wildman–Crippen MR) is 32.7 cm³/mol. The van der Waals surface area contributed by atoms with Crippen molar-refractivity contribution in [3.8, 4) is 0 Å². The van der Waals surface area contributed by atoms with Crippen LogP contribution in [0.1, 0.15) is 6.42 Å². The van der Waals surface area contributed by atoms with Crippen LogP contribution in [0.15, 0.2) is 0 Å². The minimum Gasteiger partial charge on any atom is -0.355 e. The highest BCUT2D eigenvalue weighted by atomic mass is 16.1. The second-order valence-corrected chi connectivity index (χ2v) is 1.51. The van der Waals surface area contributed by atoms with E-state index in [-0.39, 0.29) is 12.5 Å². The number of hydrogen-bond acceptors (Lipinski definition) is 3. The van der Waals surface area contributed by atoms with Gasteiger partial charge in [0.2, 0.25) is 5.91 Å². The molecule has 0 aromatic carbocycles. The molecule has 3 N–H and O–H groups in total. The van der Waals surface area contributed by atoms with Crippen molar-refractivity contribution in [1.29, 1.82) is 0 Å². The highest BCUT2D eigenvalue weighted by Gasteiger charge is 1.92. The van der Waals surface area contributed by atoms with Gasteiger partial charge in [-0.2, -0.15) is 0 Å². The Morgan fingerprint density at radius 2 is 2.33 bits per heavy atom. The number of hydrogen-bond donors (Lipinski definition) is 2. The third-order valence-corrected chi connectivity index (χ3v) is 0.770. The quantitative estimate of drug-likeness (QED) is 0.365. The average Bonchev–Trinajstić information content (AvgIpc) is 1.89. The zero-order chi connectivity index (χ0) is 7.11. The summed E-state index contributed by atoms with van der Waals surface area (Å²) >= 11 is 0. The Morgan fingerprint density at radius 1 is 1.67 bits per heavy atom. The van der Waals surface area contributed by atoms with Crippen molar-refractivity contribution >= 4 is 12.2 Å². The summed E-state index contributed by atoms with van der Waals surface area (Å²) < 4.78 is 0. The fraction of sp³-hybridized carbons (Fsp3) is 0.600. The molecule has 0 radical (unpaired) electrons. The molecule has 0 unspecified atom stereocenters. The van der Waals surface area contributed by atoms with Crippen molar-refractivity contribution < 1.29 is 9.59 Å². The van der Waals surface area contributed by atoms with Gasteiger partial charge >= 0.3 is 0 Å². The number of aldehydes is 1. The van der Waals surface area contributed by atoms with Crippen molar-refractivity contribution in [2.24, 2.45) is 5.73 Å². The van der Waals surface area contributed by atoms with Crippen LogP contribution >= 0.6 is 0 Å². The number of rotatable bonds is 4. The fourth-order valence-corrected chi connectivity index (χ4v) is 0.343. The molecule has 4 heteroatoms. The smallest absolute Gasteiger partial charge is 0.233 e. The number of amides is 1. The van der Waals surface area contributed by atoms with Crippen molar-refractivity contribution in [3.05, 3.63) is 0 Å². The Hall–Kier alpha value is -0.900. The molecule has 9 heavy (non-hydrogen) atoms. The molecule has 0 aromatic rings. The van der Waals surface area contributed by atoms with Gasteiger partial charge in [-0.25, -0.2) is 0 Å². The van der Waals surface area contributed by atoms with Crippen molar-refractivity contribution in [3.63, 3.8) is 0 Å². The molecule has 0 aliphatic heterocycles.